The molecule has 0 unspecified atom stereocenters. The second kappa shape index (κ2) is 8.39. The number of rotatable bonds is 4. The Balaban J connectivity index is 1.31. The van der Waals surface area contributed by atoms with E-state index in [1.54, 1.807) is 7.11 Å². The molecule has 2 N–H and O–H groups in total. The first-order chi connectivity index (χ1) is 13.7. The first kappa shape index (κ1) is 19.1. The van der Waals surface area contributed by atoms with Crippen LogP contribution in [0.4, 0.5) is 5.69 Å². The summed E-state index contributed by atoms with van der Waals surface area (Å²) < 4.78 is 5.45. The summed E-state index contributed by atoms with van der Waals surface area (Å²) in [5.41, 5.74) is 1.06. The van der Waals surface area contributed by atoms with E-state index in [0.29, 0.717) is 19.1 Å². The van der Waals surface area contributed by atoms with Crippen LogP contribution in [0.2, 0.25) is 0 Å². The molecule has 2 saturated heterocycles. The minimum Gasteiger partial charge on any atom is -0.495 e. The number of nitrogens with one attached hydrogen (secondary N) is 2. The van der Waals surface area contributed by atoms with Crippen molar-refractivity contribution >= 4 is 17.5 Å². The zero-order chi connectivity index (χ0) is 19.5. The highest BCUT2D eigenvalue weighted by molar-refractivity contribution is 5.89. The molecule has 0 radical (unpaired) electrons. The summed E-state index contributed by atoms with van der Waals surface area (Å²) in [6, 6.07) is 8.11. The molecule has 3 atom stereocenters. The molecule has 4 rings (SSSR count). The third-order valence-electron chi connectivity index (χ3n) is 6.26. The van der Waals surface area contributed by atoms with Gasteiger partial charge in [-0.3, -0.25) is 9.59 Å². The van der Waals surface area contributed by atoms with Crippen LogP contribution < -0.4 is 20.3 Å². The number of piperazine rings is 2. The van der Waals surface area contributed by atoms with E-state index in [-0.39, 0.29) is 24.3 Å². The number of nitrogens with zero attached hydrogens (tertiary/aromatic N) is 2. The lowest BCUT2D eigenvalue weighted by atomic mass is 9.87. The average molecular weight is 386 g/mol. The molecular weight excluding hydrogens is 356 g/mol. The molecule has 2 aliphatic heterocycles. The van der Waals surface area contributed by atoms with E-state index >= 15 is 0 Å². The Morgan fingerprint density at radius 1 is 1.11 bits per heavy atom. The van der Waals surface area contributed by atoms with Crippen LogP contribution in [-0.4, -0.2) is 68.1 Å². The number of carbonyl (C=O) groups is 2. The minimum absolute atomic E-state index is 0.0239. The zero-order valence-corrected chi connectivity index (χ0v) is 16.5. The van der Waals surface area contributed by atoms with E-state index in [1.165, 1.54) is 12.8 Å². The highest BCUT2D eigenvalue weighted by atomic mass is 16.5. The second-order valence-electron chi connectivity index (χ2n) is 7.97. The quantitative estimate of drug-likeness (QED) is 0.812. The molecule has 7 nitrogen and oxygen atoms in total. The van der Waals surface area contributed by atoms with Gasteiger partial charge in [-0.25, -0.2) is 0 Å². The van der Waals surface area contributed by atoms with E-state index < -0.39 is 6.04 Å². The van der Waals surface area contributed by atoms with Crippen LogP contribution in [0.25, 0.3) is 0 Å². The lowest BCUT2D eigenvalue weighted by Gasteiger charge is -2.41. The third kappa shape index (κ3) is 3.94. The van der Waals surface area contributed by atoms with Crippen LogP contribution >= 0.6 is 0 Å². The van der Waals surface area contributed by atoms with Crippen molar-refractivity contribution in [1.29, 1.82) is 0 Å². The number of amides is 2. The van der Waals surface area contributed by atoms with E-state index in [2.05, 4.69) is 15.5 Å². The van der Waals surface area contributed by atoms with E-state index in [4.69, 9.17) is 4.74 Å². The fourth-order valence-electron chi connectivity index (χ4n) is 4.66. The molecule has 1 saturated carbocycles. The van der Waals surface area contributed by atoms with Crippen LogP contribution in [0.1, 0.15) is 32.1 Å². The number of ether oxygens (including phenoxy) is 1. The number of benzene rings is 1. The Morgan fingerprint density at radius 3 is 2.57 bits per heavy atom. The lowest BCUT2D eigenvalue weighted by molar-refractivity contribution is -0.136. The molecule has 28 heavy (non-hydrogen) atoms. The summed E-state index contributed by atoms with van der Waals surface area (Å²) in [6.45, 7) is 2.86. The number of para-hydroxylation sites is 2. The van der Waals surface area contributed by atoms with Crippen LogP contribution in [0.5, 0.6) is 5.75 Å². The lowest BCUT2D eigenvalue weighted by Crippen LogP contribution is -2.65. The number of hydrogen-bond acceptors (Lipinski definition) is 5. The topological polar surface area (TPSA) is 73.9 Å². The van der Waals surface area contributed by atoms with Gasteiger partial charge in [-0.1, -0.05) is 25.0 Å². The molecule has 152 valence electrons. The number of anilines is 1. The largest absolute Gasteiger partial charge is 0.495 e. The highest BCUT2D eigenvalue weighted by Crippen LogP contribution is 2.28. The van der Waals surface area contributed by atoms with Crippen molar-refractivity contribution in [1.82, 2.24) is 15.5 Å². The van der Waals surface area contributed by atoms with Crippen LogP contribution in [0.3, 0.4) is 0 Å². The van der Waals surface area contributed by atoms with Crippen LogP contribution in [0.15, 0.2) is 24.3 Å². The van der Waals surface area contributed by atoms with Crippen molar-refractivity contribution in [2.24, 2.45) is 0 Å². The van der Waals surface area contributed by atoms with Gasteiger partial charge in [0.25, 0.3) is 0 Å². The van der Waals surface area contributed by atoms with Gasteiger partial charge in [-0.15, -0.1) is 0 Å². The molecule has 0 spiro atoms. The summed E-state index contributed by atoms with van der Waals surface area (Å²) in [4.78, 5) is 29.3. The maximum absolute atomic E-state index is 12.8. The summed E-state index contributed by atoms with van der Waals surface area (Å²) in [6.07, 6.45) is 4.71. The van der Waals surface area contributed by atoms with Gasteiger partial charge in [-0.2, -0.15) is 0 Å². The molecule has 7 heteroatoms. The van der Waals surface area contributed by atoms with E-state index in [1.807, 2.05) is 29.2 Å². The summed E-state index contributed by atoms with van der Waals surface area (Å²) in [5, 5.41) is 6.56. The Morgan fingerprint density at radius 2 is 1.82 bits per heavy atom. The maximum atomic E-state index is 12.8. The number of fused-ring (bicyclic) bond motifs is 1. The monoisotopic (exact) mass is 386 g/mol. The molecule has 2 amide bonds. The predicted molar refractivity (Wildman–Crippen MR) is 108 cm³/mol. The van der Waals surface area contributed by atoms with Gasteiger partial charge in [0.1, 0.15) is 5.75 Å². The summed E-state index contributed by atoms with van der Waals surface area (Å²) in [5.74, 6) is 0.887. The normalized spacial score (nSPS) is 27.8. The van der Waals surface area contributed by atoms with Gasteiger partial charge < -0.3 is 25.2 Å². The predicted octanol–water partition coefficient (Wildman–Crippen LogP) is 1.13. The van der Waals surface area contributed by atoms with Gasteiger partial charge in [0, 0.05) is 38.3 Å². The van der Waals surface area contributed by atoms with Crippen molar-refractivity contribution in [3.63, 3.8) is 0 Å². The Labute approximate surface area is 166 Å². The molecule has 2 heterocycles. The first-order valence-electron chi connectivity index (χ1n) is 10.4. The molecule has 0 bridgehead atoms. The van der Waals surface area contributed by atoms with Gasteiger partial charge in [0.2, 0.25) is 11.8 Å². The molecule has 1 aliphatic carbocycles. The SMILES string of the molecule is COc1ccccc1N1CCN(C(=O)C[C@@H]2N[C@@H]3CCCC[C@@H]3NC2=O)CC1. The number of methoxy groups -OCH3 is 1. The van der Waals surface area contributed by atoms with Crippen LogP contribution in [-0.2, 0) is 9.59 Å². The van der Waals surface area contributed by atoms with Crippen LogP contribution in [0, 0.1) is 0 Å². The molecule has 3 fully saturated rings. The molecule has 3 aliphatic rings. The van der Waals surface area contributed by atoms with Crippen molar-refractivity contribution in [3.05, 3.63) is 24.3 Å². The van der Waals surface area contributed by atoms with Gasteiger partial charge in [-0.05, 0) is 25.0 Å². The Kier molecular flexibility index (Phi) is 5.71. The fraction of sp³-hybridized carbons (Fsp3) is 0.619. The van der Waals surface area contributed by atoms with Crippen molar-refractivity contribution in [2.75, 3.05) is 38.2 Å². The molecular formula is C21H30N4O3. The zero-order valence-electron chi connectivity index (χ0n) is 16.5. The van der Waals surface area contributed by atoms with E-state index in [9.17, 15) is 9.59 Å². The van der Waals surface area contributed by atoms with Crippen molar-refractivity contribution in [3.8, 4) is 5.75 Å². The Hall–Kier alpha value is -2.28. The molecule has 0 aromatic heterocycles. The van der Waals surface area contributed by atoms with Gasteiger partial charge in [0.05, 0.1) is 25.3 Å². The number of carbonyl (C=O) groups excluding carboxylic acids is 2. The van der Waals surface area contributed by atoms with Crippen molar-refractivity contribution < 1.29 is 14.3 Å². The fourth-order valence-corrected chi connectivity index (χ4v) is 4.66. The maximum Gasteiger partial charge on any atom is 0.237 e. The second-order valence-corrected chi connectivity index (χ2v) is 7.97. The smallest absolute Gasteiger partial charge is 0.237 e. The average Bonchev–Trinajstić information content (AvgIpc) is 2.74. The van der Waals surface area contributed by atoms with Gasteiger partial charge in [0.15, 0.2) is 0 Å². The van der Waals surface area contributed by atoms with E-state index in [0.717, 1.165) is 37.4 Å². The minimum atomic E-state index is -0.404. The van der Waals surface area contributed by atoms with Crippen molar-refractivity contribution in [2.45, 2.75) is 50.2 Å². The molecule has 1 aromatic rings. The van der Waals surface area contributed by atoms with Gasteiger partial charge >= 0.3 is 0 Å². The molecule has 1 aromatic carbocycles. The first-order valence-corrected chi connectivity index (χ1v) is 10.4. The number of hydrogen-bond donors (Lipinski definition) is 2. The summed E-state index contributed by atoms with van der Waals surface area (Å²) >= 11 is 0. The summed E-state index contributed by atoms with van der Waals surface area (Å²) in [7, 11) is 1.68. The Bertz CT molecular complexity index is 717. The highest BCUT2D eigenvalue weighted by Gasteiger charge is 2.37. The standard InChI is InChI=1S/C21H30N4O3/c1-28-19-9-5-4-8-18(19)24-10-12-25(13-11-24)20(26)14-17-21(27)23-16-7-3-2-6-15(16)22-17/h4-5,8-9,15-17,22H,2-3,6-7,10-14H2,1H3,(H,23,27)/t15-,16+,17+/m1/s1. The third-order valence-corrected chi connectivity index (χ3v) is 6.26.